The summed E-state index contributed by atoms with van der Waals surface area (Å²) in [6, 6.07) is 63.2. The lowest BCUT2D eigenvalue weighted by Crippen LogP contribution is -2.36. The van der Waals surface area contributed by atoms with Crippen LogP contribution in [0.15, 0.2) is 176 Å². The molecule has 0 saturated heterocycles. The molecule has 0 aromatic heterocycles. The Hall–Kier alpha value is -6.64. The van der Waals surface area contributed by atoms with Crippen LogP contribution in [-0.4, -0.2) is 0 Å². The Morgan fingerprint density at radius 3 is 1.74 bits per heavy atom. The number of hydrogen-bond donors (Lipinski definition) is 1. The van der Waals surface area contributed by atoms with E-state index < -0.39 is 5.41 Å². The number of benzene rings is 8. The number of para-hydroxylation sites is 2. The van der Waals surface area contributed by atoms with E-state index in [1.807, 2.05) is 12.1 Å². The fraction of sp³-hybridized carbons (Fsp3) is 0.0588. The van der Waals surface area contributed by atoms with E-state index in [0.29, 0.717) is 0 Å². The van der Waals surface area contributed by atoms with E-state index >= 15 is 0 Å². The van der Waals surface area contributed by atoms with Crippen molar-refractivity contribution in [2.45, 2.75) is 18.3 Å². The number of hydrogen-bond acceptors (Lipinski definition) is 2. The van der Waals surface area contributed by atoms with E-state index in [4.69, 9.17) is 5.73 Å². The van der Waals surface area contributed by atoms with Crippen molar-refractivity contribution < 1.29 is 0 Å². The lowest BCUT2D eigenvalue weighted by atomic mass is 9.64. The first-order valence-corrected chi connectivity index (χ1v) is 18.6. The van der Waals surface area contributed by atoms with E-state index in [-0.39, 0.29) is 0 Å². The zero-order valence-electron chi connectivity index (χ0n) is 29.3. The van der Waals surface area contributed by atoms with Crippen LogP contribution in [0.2, 0.25) is 0 Å². The molecule has 2 N–H and O–H groups in total. The molecule has 53 heavy (non-hydrogen) atoms. The van der Waals surface area contributed by atoms with Crippen LogP contribution < -0.4 is 10.6 Å². The van der Waals surface area contributed by atoms with Gasteiger partial charge in [-0.1, -0.05) is 121 Å². The zero-order chi connectivity index (χ0) is 35.1. The molecule has 1 spiro atoms. The van der Waals surface area contributed by atoms with Crippen molar-refractivity contribution in [2.75, 3.05) is 10.6 Å². The first kappa shape index (κ1) is 30.0. The van der Waals surface area contributed by atoms with E-state index in [1.54, 1.807) is 0 Å². The van der Waals surface area contributed by atoms with Crippen LogP contribution in [-0.2, 0) is 11.8 Å². The Bertz CT molecular complexity index is 2760. The summed E-state index contributed by atoms with van der Waals surface area (Å²) >= 11 is 0. The van der Waals surface area contributed by atoms with Gasteiger partial charge in [-0.25, -0.2) is 0 Å². The molecular formula is C51H36N2. The minimum atomic E-state index is -0.556. The van der Waals surface area contributed by atoms with Crippen LogP contribution in [0.25, 0.3) is 50.2 Å². The van der Waals surface area contributed by atoms with E-state index in [2.05, 4.69) is 175 Å². The van der Waals surface area contributed by atoms with Crippen molar-refractivity contribution in [3.05, 3.63) is 209 Å². The van der Waals surface area contributed by atoms with Gasteiger partial charge < -0.3 is 10.6 Å². The number of anilines is 4. The quantitative estimate of drug-likeness (QED) is 0.189. The molecule has 0 unspecified atom stereocenters. The van der Waals surface area contributed by atoms with Gasteiger partial charge >= 0.3 is 0 Å². The number of nitrogens with zero attached hydrogens (tertiary/aromatic N) is 1. The third-order valence-corrected chi connectivity index (χ3v) is 11.8. The maximum Gasteiger partial charge on any atom is 0.0754 e. The third-order valence-electron chi connectivity index (χ3n) is 11.8. The highest BCUT2D eigenvalue weighted by Crippen LogP contribution is 2.64. The zero-order valence-corrected chi connectivity index (χ0v) is 29.3. The standard InChI is InChI=1S/C51H36N2/c52-41-23-25-42(26-24-41)53-49-15-7-5-13-45(49)51(46-14-6-8-16-50(46)53)47-31-39(37-19-17-33-9-1-3-11-35(33)29-37)21-27-43(47)44-28-22-40(32-48(44)51)38-20-18-34-10-2-4-12-36(34)30-38/h1,3-9,11-32H,2,10,52H2. The Kier molecular flexibility index (Phi) is 6.48. The van der Waals surface area contributed by atoms with Gasteiger partial charge in [0.05, 0.1) is 16.8 Å². The summed E-state index contributed by atoms with van der Waals surface area (Å²) in [6.45, 7) is 0. The normalized spacial score (nSPS) is 14.4. The van der Waals surface area contributed by atoms with Crippen LogP contribution in [0.4, 0.5) is 22.7 Å². The number of nitrogens with two attached hydrogens (primary N) is 1. The first-order valence-electron chi connectivity index (χ1n) is 18.6. The molecule has 0 fully saturated rings. The molecule has 250 valence electrons. The predicted octanol–water partition coefficient (Wildman–Crippen LogP) is 12.9. The Morgan fingerprint density at radius 2 is 1.04 bits per heavy atom. The maximum atomic E-state index is 6.22. The van der Waals surface area contributed by atoms with Gasteiger partial charge in [0.1, 0.15) is 0 Å². The van der Waals surface area contributed by atoms with Gasteiger partial charge in [-0.15, -0.1) is 0 Å². The number of allylic oxidation sites excluding steroid dienone is 1. The monoisotopic (exact) mass is 676 g/mol. The van der Waals surface area contributed by atoms with Gasteiger partial charge in [-0.2, -0.15) is 0 Å². The summed E-state index contributed by atoms with van der Waals surface area (Å²) in [5.74, 6) is 0. The van der Waals surface area contributed by atoms with Crippen molar-refractivity contribution >= 4 is 39.6 Å². The van der Waals surface area contributed by atoms with E-state index in [1.165, 1.54) is 88.9 Å². The Labute approximate surface area is 310 Å². The van der Waals surface area contributed by atoms with Crippen molar-refractivity contribution in [3.63, 3.8) is 0 Å². The van der Waals surface area contributed by atoms with Gasteiger partial charge in [0, 0.05) is 11.4 Å². The molecule has 0 saturated carbocycles. The van der Waals surface area contributed by atoms with Crippen molar-refractivity contribution in [3.8, 4) is 33.4 Å². The molecule has 8 aromatic carbocycles. The minimum Gasteiger partial charge on any atom is -0.399 e. The first-order chi connectivity index (χ1) is 26.2. The van der Waals surface area contributed by atoms with Crippen LogP contribution >= 0.6 is 0 Å². The lowest BCUT2D eigenvalue weighted by molar-refractivity contribution is 0.753. The molecular weight excluding hydrogens is 641 g/mol. The molecule has 1 aliphatic heterocycles. The molecule has 1 heterocycles. The van der Waals surface area contributed by atoms with Gasteiger partial charge in [0.25, 0.3) is 0 Å². The average molecular weight is 677 g/mol. The molecule has 2 nitrogen and oxygen atoms in total. The molecule has 8 aromatic rings. The fourth-order valence-electron chi connectivity index (χ4n) is 9.39. The highest BCUT2D eigenvalue weighted by atomic mass is 15.2. The van der Waals surface area contributed by atoms with Gasteiger partial charge in [-0.05, 0) is 151 Å². The molecule has 0 amide bonds. The predicted molar refractivity (Wildman–Crippen MR) is 222 cm³/mol. The largest absolute Gasteiger partial charge is 0.399 e. The summed E-state index contributed by atoms with van der Waals surface area (Å²) in [7, 11) is 0. The van der Waals surface area contributed by atoms with Gasteiger partial charge in [0.15, 0.2) is 0 Å². The van der Waals surface area contributed by atoms with Crippen molar-refractivity contribution in [1.29, 1.82) is 0 Å². The maximum absolute atomic E-state index is 6.22. The smallest absolute Gasteiger partial charge is 0.0754 e. The van der Waals surface area contributed by atoms with Crippen molar-refractivity contribution in [1.82, 2.24) is 0 Å². The molecule has 11 rings (SSSR count). The summed E-state index contributed by atoms with van der Waals surface area (Å²) in [4.78, 5) is 2.42. The molecule has 0 radical (unpaired) electrons. The minimum absolute atomic E-state index is 0.556. The summed E-state index contributed by atoms with van der Waals surface area (Å²) in [6.07, 6.45) is 6.81. The Balaban J connectivity index is 1.21. The average Bonchev–Trinajstić information content (AvgIpc) is 3.50. The summed E-state index contributed by atoms with van der Waals surface area (Å²) in [5, 5.41) is 2.50. The van der Waals surface area contributed by atoms with E-state index in [9.17, 15) is 0 Å². The number of fused-ring (bicyclic) bond motifs is 11. The Morgan fingerprint density at radius 1 is 0.472 bits per heavy atom. The molecule has 2 heteroatoms. The molecule has 0 atom stereocenters. The van der Waals surface area contributed by atoms with E-state index in [0.717, 1.165) is 24.2 Å². The highest BCUT2D eigenvalue weighted by Gasteiger charge is 2.52. The summed E-state index contributed by atoms with van der Waals surface area (Å²) in [5.41, 5.74) is 25.3. The number of rotatable bonds is 3. The topological polar surface area (TPSA) is 29.3 Å². The number of aryl methyl sites for hydroxylation is 1. The second-order valence-electron chi connectivity index (χ2n) is 14.6. The van der Waals surface area contributed by atoms with Crippen LogP contribution in [0, 0.1) is 0 Å². The summed E-state index contributed by atoms with van der Waals surface area (Å²) < 4.78 is 0. The molecule has 2 aliphatic carbocycles. The fourth-order valence-corrected chi connectivity index (χ4v) is 9.39. The molecule has 3 aliphatic rings. The third kappa shape index (κ3) is 4.39. The SMILES string of the molecule is Nc1ccc(N2c3ccccc3C3(c4cc(-c5ccc6c(c5)C=CCC6)ccc4-c4ccc(-c5ccc6ccccc6c5)cc43)c3ccccc32)cc1. The van der Waals surface area contributed by atoms with Crippen LogP contribution in [0.1, 0.15) is 39.8 Å². The van der Waals surface area contributed by atoms with Crippen LogP contribution in [0.5, 0.6) is 0 Å². The van der Waals surface area contributed by atoms with Crippen LogP contribution in [0.3, 0.4) is 0 Å². The second-order valence-corrected chi connectivity index (χ2v) is 14.6. The second kappa shape index (κ2) is 11.4. The van der Waals surface area contributed by atoms with Gasteiger partial charge in [0.2, 0.25) is 0 Å². The molecule has 0 bridgehead atoms. The van der Waals surface area contributed by atoms with Crippen molar-refractivity contribution in [2.24, 2.45) is 0 Å². The number of nitrogen functional groups attached to an aromatic ring is 1. The van der Waals surface area contributed by atoms with Gasteiger partial charge in [-0.3, -0.25) is 0 Å². The highest BCUT2D eigenvalue weighted by molar-refractivity contribution is 5.98. The lowest BCUT2D eigenvalue weighted by Gasteiger charge is -2.45.